The Bertz CT molecular complexity index is 98.7. The van der Waals surface area contributed by atoms with E-state index in [2.05, 4.69) is 24.2 Å². The van der Waals surface area contributed by atoms with Gasteiger partial charge in [-0.25, -0.2) is 0 Å². The minimum Gasteiger partial charge on any atom is -0.293 e. The molecule has 0 saturated carbocycles. The molecule has 1 heterocycles. The van der Waals surface area contributed by atoms with E-state index in [4.69, 9.17) is 0 Å². The normalized spacial score (nSPS) is 37.8. The van der Waals surface area contributed by atoms with Gasteiger partial charge in [-0.15, -0.1) is 0 Å². The van der Waals surface area contributed by atoms with Crippen LogP contribution in [0.15, 0.2) is 4.99 Å². The molecule has 0 aromatic rings. The van der Waals surface area contributed by atoms with E-state index < -0.39 is 0 Å². The average Bonchev–Trinajstić information content (AvgIpc) is 1.64. The van der Waals surface area contributed by atoms with Crippen molar-refractivity contribution in [2.75, 3.05) is 0 Å². The second kappa shape index (κ2) is 2.27. The van der Waals surface area contributed by atoms with Gasteiger partial charge in [0, 0.05) is 12.3 Å². The van der Waals surface area contributed by atoms with Crippen LogP contribution in [0.2, 0.25) is 0 Å². The summed E-state index contributed by atoms with van der Waals surface area (Å²) in [7, 11) is 0. The predicted molar refractivity (Wildman–Crippen MR) is 35.2 cm³/mol. The Kier molecular flexibility index (Phi) is 1.63. The minimum atomic E-state index is 0.332. The Morgan fingerprint density at radius 1 is 1.62 bits per heavy atom. The number of nitrogens with one attached hydrogen (secondary N) is 1. The predicted octanol–water partition coefficient (Wildman–Crippen LogP) is 0.785. The van der Waals surface area contributed by atoms with E-state index >= 15 is 0 Å². The van der Waals surface area contributed by atoms with Gasteiger partial charge in [0.25, 0.3) is 0 Å². The molecule has 2 atom stereocenters. The molecule has 0 aromatic heterocycles. The molecule has 1 aliphatic rings. The van der Waals surface area contributed by atoms with Crippen molar-refractivity contribution in [3.63, 3.8) is 0 Å². The Labute approximate surface area is 50.0 Å². The maximum Gasteiger partial charge on any atom is 0.0963 e. The van der Waals surface area contributed by atoms with Gasteiger partial charge in [0.15, 0.2) is 0 Å². The van der Waals surface area contributed by atoms with Crippen LogP contribution < -0.4 is 5.32 Å². The second-order valence-electron chi connectivity index (χ2n) is 2.31. The van der Waals surface area contributed by atoms with Crippen LogP contribution in [0, 0.1) is 0 Å². The van der Waals surface area contributed by atoms with Crippen LogP contribution in [0.5, 0.6) is 0 Å². The van der Waals surface area contributed by atoms with E-state index in [1.165, 1.54) is 0 Å². The number of rotatable bonds is 0. The molecule has 0 spiro atoms. The lowest BCUT2D eigenvalue weighted by Crippen LogP contribution is -2.36. The summed E-state index contributed by atoms with van der Waals surface area (Å²) in [4.78, 5) is 4.14. The SMILES string of the molecule is CC1CC=NC(C)N1. The first-order chi connectivity index (χ1) is 3.79. The molecule has 2 nitrogen and oxygen atoms in total. The van der Waals surface area contributed by atoms with Gasteiger partial charge in [0.2, 0.25) is 0 Å². The third-order valence-electron chi connectivity index (χ3n) is 1.31. The monoisotopic (exact) mass is 112 g/mol. The quantitative estimate of drug-likeness (QED) is 0.492. The first kappa shape index (κ1) is 5.76. The van der Waals surface area contributed by atoms with Crippen molar-refractivity contribution in [3.05, 3.63) is 0 Å². The molecule has 46 valence electrons. The van der Waals surface area contributed by atoms with Crippen LogP contribution in [0.3, 0.4) is 0 Å². The molecule has 0 saturated heterocycles. The van der Waals surface area contributed by atoms with Gasteiger partial charge in [-0.1, -0.05) is 0 Å². The largest absolute Gasteiger partial charge is 0.293 e. The van der Waals surface area contributed by atoms with Crippen LogP contribution in [0.4, 0.5) is 0 Å². The average molecular weight is 112 g/mol. The molecule has 2 unspecified atom stereocenters. The number of hydrogen-bond acceptors (Lipinski definition) is 2. The van der Waals surface area contributed by atoms with Crippen molar-refractivity contribution in [1.29, 1.82) is 0 Å². The molecule has 2 heteroatoms. The molecular formula is C6H12N2. The van der Waals surface area contributed by atoms with E-state index in [-0.39, 0.29) is 0 Å². The minimum absolute atomic E-state index is 0.332. The van der Waals surface area contributed by atoms with Crippen molar-refractivity contribution >= 4 is 6.21 Å². The highest BCUT2D eigenvalue weighted by molar-refractivity contribution is 5.59. The number of aliphatic imine (C=N–C) groups is 1. The van der Waals surface area contributed by atoms with Gasteiger partial charge in [-0.2, -0.15) is 0 Å². The fourth-order valence-corrected chi connectivity index (χ4v) is 0.900. The lowest BCUT2D eigenvalue weighted by Gasteiger charge is -2.19. The van der Waals surface area contributed by atoms with Gasteiger partial charge >= 0.3 is 0 Å². The van der Waals surface area contributed by atoms with Crippen molar-refractivity contribution in [3.8, 4) is 0 Å². The van der Waals surface area contributed by atoms with E-state index in [0.29, 0.717) is 12.2 Å². The van der Waals surface area contributed by atoms with Crippen LogP contribution in [0.25, 0.3) is 0 Å². The van der Waals surface area contributed by atoms with E-state index in [1.807, 2.05) is 6.21 Å². The van der Waals surface area contributed by atoms with Crippen molar-refractivity contribution in [2.24, 2.45) is 4.99 Å². The lowest BCUT2D eigenvalue weighted by atomic mass is 10.2. The van der Waals surface area contributed by atoms with Gasteiger partial charge in [0.1, 0.15) is 0 Å². The third kappa shape index (κ3) is 1.30. The van der Waals surface area contributed by atoms with Crippen LogP contribution >= 0.6 is 0 Å². The topological polar surface area (TPSA) is 24.4 Å². The highest BCUT2D eigenvalue weighted by Crippen LogP contribution is 1.97. The first-order valence-electron chi connectivity index (χ1n) is 3.06. The highest BCUT2D eigenvalue weighted by atomic mass is 15.1. The fourth-order valence-electron chi connectivity index (χ4n) is 0.900. The Hall–Kier alpha value is -0.370. The van der Waals surface area contributed by atoms with Crippen molar-refractivity contribution in [2.45, 2.75) is 32.5 Å². The summed E-state index contributed by atoms with van der Waals surface area (Å²) in [5.41, 5.74) is 0. The van der Waals surface area contributed by atoms with E-state index in [1.54, 1.807) is 0 Å². The molecule has 8 heavy (non-hydrogen) atoms. The molecule has 0 radical (unpaired) electrons. The molecule has 1 aliphatic heterocycles. The van der Waals surface area contributed by atoms with Gasteiger partial charge in [-0.3, -0.25) is 10.3 Å². The summed E-state index contributed by atoms with van der Waals surface area (Å²) in [6, 6.07) is 0.613. The molecule has 0 amide bonds. The molecule has 0 aromatic carbocycles. The Morgan fingerprint density at radius 3 is 2.75 bits per heavy atom. The zero-order valence-electron chi connectivity index (χ0n) is 5.39. The van der Waals surface area contributed by atoms with Crippen LogP contribution in [0.1, 0.15) is 20.3 Å². The summed E-state index contributed by atoms with van der Waals surface area (Å²) in [6.07, 6.45) is 3.40. The molecule has 0 aliphatic carbocycles. The zero-order valence-corrected chi connectivity index (χ0v) is 5.39. The summed E-state index contributed by atoms with van der Waals surface area (Å²) in [5, 5.41) is 3.28. The van der Waals surface area contributed by atoms with Crippen LogP contribution in [-0.2, 0) is 0 Å². The second-order valence-corrected chi connectivity index (χ2v) is 2.31. The summed E-state index contributed by atoms with van der Waals surface area (Å²) in [6.45, 7) is 4.23. The number of hydrogen-bond donors (Lipinski definition) is 1. The lowest BCUT2D eigenvalue weighted by molar-refractivity contribution is 0.470. The zero-order chi connectivity index (χ0) is 5.98. The summed E-state index contributed by atoms with van der Waals surface area (Å²) in [5.74, 6) is 0. The van der Waals surface area contributed by atoms with E-state index in [0.717, 1.165) is 6.42 Å². The van der Waals surface area contributed by atoms with Gasteiger partial charge in [0.05, 0.1) is 6.17 Å². The molecule has 0 fully saturated rings. The summed E-state index contributed by atoms with van der Waals surface area (Å²) >= 11 is 0. The Balaban J connectivity index is 2.42. The first-order valence-corrected chi connectivity index (χ1v) is 3.06. The highest BCUT2D eigenvalue weighted by Gasteiger charge is 2.07. The molecule has 0 bridgehead atoms. The van der Waals surface area contributed by atoms with Crippen molar-refractivity contribution < 1.29 is 0 Å². The molecular weight excluding hydrogens is 100 g/mol. The van der Waals surface area contributed by atoms with Crippen LogP contribution in [-0.4, -0.2) is 18.4 Å². The fraction of sp³-hybridized carbons (Fsp3) is 0.833. The molecule has 1 N–H and O–H groups in total. The summed E-state index contributed by atoms with van der Waals surface area (Å²) < 4.78 is 0. The maximum atomic E-state index is 4.14. The smallest absolute Gasteiger partial charge is 0.0963 e. The standard InChI is InChI=1S/C6H12N2/c1-5-3-4-7-6(2)8-5/h4-6,8H,3H2,1-2H3. The van der Waals surface area contributed by atoms with E-state index in [9.17, 15) is 0 Å². The van der Waals surface area contributed by atoms with Crippen molar-refractivity contribution in [1.82, 2.24) is 5.32 Å². The third-order valence-corrected chi connectivity index (χ3v) is 1.31. The molecule has 1 rings (SSSR count). The maximum absolute atomic E-state index is 4.14. The number of nitrogens with zero attached hydrogens (tertiary/aromatic N) is 1. The Morgan fingerprint density at radius 2 is 2.38 bits per heavy atom. The van der Waals surface area contributed by atoms with Gasteiger partial charge < -0.3 is 0 Å². The van der Waals surface area contributed by atoms with Gasteiger partial charge in [-0.05, 0) is 20.3 Å².